The number of carbonyl (C=O) groups is 1. The molecule has 158 valence electrons. The lowest BCUT2D eigenvalue weighted by Crippen LogP contribution is -2.53. The molecule has 1 heterocycles. The third-order valence-corrected chi connectivity index (χ3v) is 4.46. The first-order valence-corrected chi connectivity index (χ1v) is 9.28. The van der Waals surface area contributed by atoms with Gasteiger partial charge in [-0.2, -0.15) is 13.2 Å². The molecule has 1 aliphatic heterocycles. The van der Waals surface area contributed by atoms with Crippen LogP contribution in [0, 0.1) is 0 Å². The van der Waals surface area contributed by atoms with E-state index in [1.54, 1.807) is 18.2 Å². The molecule has 0 spiro atoms. The Kier molecular flexibility index (Phi) is 7.64. The second-order valence-electron chi connectivity index (χ2n) is 7.24. The van der Waals surface area contributed by atoms with Crippen LogP contribution in [-0.4, -0.2) is 41.1 Å². The van der Waals surface area contributed by atoms with Crippen molar-refractivity contribution in [3.63, 3.8) is 0 Å². The van der Waals surface area contributed by atoms with Crippen molar-refractivity contribution in [2.45, 2.75) is 38.7 Å². The molecule has 4 N–H and O–H groups in total. The van der Waals surface area contributed by atoms with Gasteiger partial charge in [-0.1, -0.05) is 30.3 Å². The molecule has 2 aromatic carbocycles. The first kappa shape index (κ1) is 22.7. The summed E-state index contributed by atoms with van der Waals surface area (Å²) < 4.78 is 37.9. The van der Waals surface area contributed by atoms with Gasteiger partial charge in [0.05, 0.1) is 11.1 Å². The molecule has 0 radical (unpaired) electrons. The third-order valence-electron chi connectivity index (χ3n) is 4.46. The maximum absolute atomic E-state index is 12.6. The zero-order valence-corrected chi connectivity index (χ0v) is 16.4. The van der Waals surface area contributed by atoms with E-state index < -0.39 is 17.6 Å². The second-order valence-corrected chi connectivity index (χ2v) is 7.24. The Hall–Kier alpha value is -2.58. The molecule has 1 amide bonds. The van der Waals surface area contributed by atoms with Crippen molar-refractivity contribution in [2.75, 3.05) is 13.1 Å². The summed E-state index contributed by atoms with van der Waals surface area (Å²) in [6.45, 7) is 6.48. The van der Waals surface area contributed by atoms with Crippen LogP contribution in [0.1, 0.15) is 35.3 Å². The lowest BCUT2D eigenvalue weighted by molar-refractivity contribution is -0.137. The van der Waals surface area contributed by atoms with E-state index in [0.29, 0.717) is 18.6 Å². The number of nitrogens with zero attached hydrogens (tertiary/aromatic N) is 1. The van der Waals surface area contributed by atoms with Gasteiger partial charge in [0, 0.05) is 31.7 Å². The van der Waals surface area contributed by atoms with Crippen LogP contribution in [0.25, 0.3) is 0 Å². The van der Waals surface area contributed by atoms with Crippen LogP contribution >= 0.6 is 0 Å². The Labute approximate surface area is 168 Å². The minimum atomic E-state index is -4.26. The fraction of sp³-hybridized carbons (Fsp3) is 0.381. The Morgan fingerprint density at radius 1 is 1.14 bits per heavy atom. The number of aromatic hydroxyl groups is 1. The topological polar surface area (TPSA) is 78.6 Å². The van der Waals surface area contributed by atoms with Gasteiger partial charge in [-0.25, -0.2) is 0 Å². The van der Waals surface area contributed by atoms with Gasteiger partial charge >= 0.3 is 6.18 Å². The van der Waals surface area contributed by atoms with Gasteiger partial charge in [0.15, 0.2) is 0 Å². The number of hydrogen-bond donors (Lipinski definition) is 3. The molecule has 2 aromatic rings. The number of phenols is 1. The van der Waals surface area contributed by atoms with Crippen LogP contribution in [0.5, 0.6) is 5.75 Å². The number of hydrogen-bond acceptors (Lipinski definition) is 4. The van der Waals surface area contributed by atoms with E-state index in [9.17, 15) is 18.0 Å². The number of nitrogens with one attached hydrogen (secondary N) is 1. The van der Waals surface area contributed by atoms with Crippen molar-refractivity contribution >= 4 is 5.91 Å². The smallest absolute Gasteiger partial charge is 0.416 e. The van der Waals surface area contributed by atoms with Crippen LogP contribution < -0.4 is 11.1 Å². The molecule has 29 heavy (non-hydrogen) atoms. The minimum absolute atomic E-state index is 0.0741. The highest BCUT2D eigenvalue weighted by atomic mass is 19.4. The standard InChI is InChI=1S/C14H19F3N2.C7H7NO2/c1-10-7-19(8-11(2)18-10)9-12-4-3-5-13(6-12)14(15,16)17;8-7(10)5-3-1-2-4-6(5)9/h3-6,10-11,18H,7-9H2,1-2H3;1-4,9H,(H2,8,10)/t10-,11+;. The van der Waals surface area contributed by atoms with Crippen molar-refractivity contribution in [1.29, 1.82) is 0 Å². The molecule has 8 heteroatoms. The highest BCUT2D eigenvalue weighted by Crippen LogP contribution is 2.29. The number of para-hydroxylation sites is 1. The second kappa shape index (κ2) is 9.76. The van der Waals surface area contributed by atoms with E-state index in [0.717, 1.165) is 24.7 Å². The number of alkyl halides is 3. The summed E-state index contributed by atoms with van der Waals surface area (Å²) in [5, 5.41) is 12.4. The summed E-state index contributed by atoms with van der Waals surface area (Å²) in [5.41, 5.74) is 5.22. The fourth-order valence-electron chi connectivity index (χ4n) is 3.36. The Morgan fingerprint density at radius 3 is 2.28 bits per heavy atom. The van der Waals surface area contributed by atoms with E-state index in [1.165, 1.54) is 24.3 Å². The summed E-state index contributed by atoms with van der Waals surface area (Å²) in [4.78, 5) is 12.7. The van der Waals surface area contributed by atoms with Crippen molar-refractivity contribution in [3.05, 3.63) is 65.2 Å². The molecule has 2 atom stereocenters. The normalized spacial score (nSPS) is 19.9. The van der Waals surface area contributed by atoms with Crippen LogP contribution in [0.15, 0.2) is 48.5 Å². The third kappa shape index (κ3) is 7.07. The van der Waals surface area contributed by atoms with E-state index in [1.807, 2.05) is 0 Å². The highest BCUT2D eigenvalue weighted by molar-refractivity contribution is 5.95. The van der Waals surface area contributed by atoms with Gasteiger partial charge in [0.2, 0.25) is 0 Å². The van der Waals surface area contributed by atoms with Crippen LogP contribution in [0.4, 0.5) is 13.2 Å². The van der Waals surface area contributed by atoms with Crippen molar-refractivity contribution in [1.82, 2.24) is 10.2 Å². The average molecular weight is 409 g/mol. The first-order chi connectivity index (χ1) is 13.6. The van der Waals surface area contributed by atoms with Crippen molar-refractivity contribution in [2.24, 2.45) is 5.73 Å². The number of benzene rings is 2. The van der Waals surface area contributed by atoms with Gasteiger partial charge in [0.25, 0.3) is 5.91 Å². The predicted octanol–water partition coefficient (Wildman–Crippen LogP) is 3.38. The Balaban J connectivity index is 0.000000253. The van der Waals surface area contributed by atoms with Crippen LogP contribution in [0.3, 0.4) is 0 Å². The highest BCUT2D eigenvalue weighted by Gasteiger charge is 2.30. The van der Waals surface area contributed by atoms with Crippen LogP contribution in [-0.2, 0) is 12.7 Å². The van der Waals surface area contributed by atoms with E-state index in [4.69, 9.17) is 10.8 Å². The Bertz CT molecular complexity index is 817. The summed E-state index contributed by atoms with van der Waals surface area (Å²) in [5.74, 6) is -0.687. The monoisotopic (exact) mass is 409 g/mol. The molecule has 1 saturated heterocycles. The van der Waals surface area contributed by atoms with Gasteiger partial charge in [-0.3, -0.25) is 9.69 Å². The molecule has 0 saturated carbocycles. The zero-order chi connectivity index (χ0) is 21.6. The minimum Gasteiger partial charge on any atom is -0.507 e. The van der Waals surface area contributed by atoms with Crippen molar-refractivity contribution in [3.8, 4) is 5.75 Å². The average Bonchev–Trinajstić information content (AvgIpc) is 2.61. The molecule has 0 unspecified atom stereocenters. The molecule has 1 aliphatic rings. The summed E-state index contributed by atoms with van der Waals surface area (Å²) >= 11 is 0. The van der Waals surface area contributed by atoms with E-state index in [2.05, 4.69) is 24.1 Å². The largest absolute Gasteiger partial charge is 0.507 e. The number of piperazine rings is 1. The summed E-state index contributed by atoms with van der Waals surface area (Å²) in [6.07, 6.45) is -4.26. The van der Waals surface area contributed by atoms with Gasteiger partial charge in [0.1, 0.15) is 5.75 Å². The van der Waals surface area contributed by atoms with Gasteiger partial charge in [-0.15, -0.1) is 0 Å². The van der Waals surface area contributed by atoms with Crippen molar-refractivity contribution < 1.29 is 23.1 Å². The Morgan fingerprint density at radius 2 is 1.76 bits per heavy atom. The molecular weight excluding hydrogens is 383 g/mol. The van der Waals surface area contributed by atoms with Crippen LogP contribution in [0.2, 0.25) is 0 Å². The molecule has 0 aliphatic carbocycles. The molecule has 3 rings (SSSR count). The zero-order valence-electron chi connectivity index (χ0n) is 16.4. The van der Waals surface area contributed by atoms with E-state index >= 15 is 0 Å². The number of primary amides is 1. The number of rotatable bonds is 3. The molecule has 0 bridgehead atoms. The summed E-state index contributed by atoms with van der Waals surface area (Å²) in [7, 11) is 0. The SMILES string of the molecule is C[C@@H]1CN(Cc2cccc(C(F)(F)F)c2)C[C@H](C)N1.NC(=O)c1ccccc1O. The lowest BCUT2D eigenvalue weighted by atomic mass is 10.1. The first-order valence-electron chi connectivity index (χ1n) is 9.28. The molecule has 5 nitrogen and oxygen atoms in total. The fourth-order valence-corrected chi connectivity index (χ4v) is 3.36. The maximum Gasteiger partial charge on any atom is 0.416 e. The quantitative estimate of drug-likeness (QED) is 0.726. The molecule has 0 aromatic heterocycles. The number of halogens is 3. The molecular formula is C21H26F3N3O2. The molecule has 1 fully saturated rings. The van der Waals surface area contributed by atoms with E-state index in [-0.39, 0.29) is 11.3 Å². The summed E-state index contributed by atoms with van der Waals surface area (Å²) in [6, 6.07) is 12.5. The number of amides is 1. The van der Waals surface area contributed by atoms with Gasteiger partial charge in [-0.05, 0) is 37.6 Å². The lowest BCUT2D eigenvalue weighted by Gasteiger charge is -2.36. The number of nitrogens with two attached hydrogens (primary N) is 1. The maximum atomic E-state index is 12.6. The predicted molar refractivity (Wildman–Crippen MR) is 105 cm³/mol. The number of carbonyl (C=O) groups excluding carboxylic acids is 1. The van der Waals surface area contributed by atoms with Gasteiger partial charge < -0.3 is 16.2 Å².